The van der Waals surface area contributed by atoms with Gasteiger partial charge in [-0.3, -0.25) is 4.99 Å². The SMILES string of the molecule is I.NC(=NCC1(c2ccccc2)CCC1)NC1CCOc2ccccc21. The Hall–Kier alpha value is -1.76. The second-order valence-corrected chi connectivity index (χ2v) is 7.07. The fraction of sp³-hybridized carbons (Fsp3) is 0.381. The molecule has 2 aromatic carbocycles. The van der Waals surface area contributed by atoms with Gasteiger partial charge in [0.25, 0.3) is 0 Å². The summed E-state index contributed by atoms with van der Waals surface area (Å²) in [6.07, 6.45) is 4.55. The summed E-state index contributed by atoms with van der Waals surface area (Å²) in [7, 11) is 0. The molecule has 1 fully saturated rings. The number of aliphatic imine (C=N–C) groups is 1. The first-order chi connectivity index (χ1) is 12.3. The highest BCUT2D eigenvalue weighted by Crippen LogP contribution is 2.43. The Morgan fingerprint density at radius 3 is 2.58 bits per heavy atom. The molecule has 1 atom stereocenters. The quantitative estimate of drug-likeness (QED) is 0.407. The number of ether oxygens (including phenoxy) is 1. The summed E-state index contributed by atoms with van der Waals surface area (Å²) in [6.45, 7) is 1.45. The third-order valence-electron chi connectivity index (χ3n) is 5.53. The average Bonchev–Trinajstić information content (AvgIpc) is 2.62. The Morgan fingerprint density at radius 2 is 1.85 bits per heavy atom. The number of para-hydroxylation sites is 1. The highest BCUT2D eigenvalue weighted by atomic mass is 127. The van der Waals surface area contributed by atoms with Crippen LogP contribution in [0.5, 0.6) is 5.75 Å². The second-order valence-electron chi connectivity index (χ2n) is 7.07. The Kier molecular flexibility index (Phi) is 6.06. The summed E-state index contributed by atoms with van der Waals surface area (Å²) in [5.74, 6) is 1.47. The van der Waals surface area contributed by atoms with Crippen molar-refractivity contribution in [1.29, 1.82) is 0 Å². The van der Waals surface area contributed by atoms with Crippen molar-refractivity contribution in [2.75, 3.05) is 13.2 Å². The van der Waals surface area contributed by atoms with Gasteiger partial charge in [0.1, 0.15) is 5.75 Å². The molecule has 3 N–H and O–H groups in total. The van der Waals surface area contributed by atoms with Crippen molar-refractivity contribution in [2.45, 2.75) is 37.1 Å². The molecule has 1 saturated carbocycles. The summed E-state index contributed by atoms with van der Waals surface area (Å²) in [6, 6.07) is 19.0. The minimum absolute atomic E-state index is 0. The standard InChI is InChI=1S/C21H25N3O.HI/c22-20(24-18-11-14-25-19-10-5-4-9-17(18)19)23-15-21(12-6-13-21)16-7-2-1-3-8-16;/h1-5,7-10,18H,6,11-15H2,(H3,22,23,24);1H. The van der Waals surface area contributed by atoms with Gasteiger partial charge < -0.3 is 15.8 Å². The summed E-state index contributed by atoms with van der Waals surface area (Å²) >= 11 is 0. The number of nitrogens with one attached hydrogen (secondary N) is 1. The first-order valence-corrected chi connectivity index (χ1v) is 9.11. The van der Waals surface area contributed by atoms with Gasteiger partial charge in [-0.05, 0) is 24.5 Å². The van der Waals surface area contributed by atoms with Gasteiger partial charge in [0.15, 0.2) is 5.96 Å². The molecule has 1 aliphatic carbocycles. The molecule has 26 heavy (non-hydrogen) atoms. The number of halogens is 1. The third kappa shape index (κ3) is 3.82. The van der Waals surface area contributed by atoms with Gasteiger partial charge >= 0.3 is 0 Å². The van der Waals surface area contributed by atoms with Crippen LogP contribution in [0.1, 0.15) is 42.9 Å². The van der Waals surface area contributed by atoms with E-state index in [1.165, 1.54) is 24.8 Å². The third-order valence-corrected chi connectivity index (χ3v) is 5.53. The van der Waals surface area contributed by atoms with Crippen LogP contribution in [-0.4, -0.2) is 19.1 Å². The predicted octanol–water partition coefficient (Wildman–Crippen LogP) is 4.15. The molecular weight excluding hydrogens is 437 g/mol. The maximum atomic E-state index is 6.22. The largest absolute Gasteiger partial charge is 0.493 e. The maximum absolute atomic E-state index is 6.22. The van der Waals surface area contributed by atoms with E-state index < -0.39 is 0 Å². The first kappa shape index (κ1) is 19.0. The monoisotopic (exact) mass is 463 g/mol. The van der Waals surface area contributed by atoms with Crippen LogP contribution in [0.2, 0.25) is 0 Å². The van der Waals surface area contributed by atoms with Crippen LogP contribution in [0.4, 0.5) is 0 Å². The van der Waals surface area contributed by atoms with Gasteiger partial charge in [0.2, 0.25) is 0 Å². The number of fused-ring (bicyclic) bond motifs is 1. The predicted molar refractivity (Wildman–Crippen MR) is 116 cm³/mol. The minimum atomic E-state index is 0. The number of hydrogen-bond donors (Lipinski definition) is 2. The van der Waals surface area contributed by atoms with Gasteiger partial charge in [-0.15, -0.1) is 24.0 Å². The van der Waals surface area contributed by atoms with Gasteiger partial charge in [0.05, 0.1) is 19.2 Å². The lowest BCUT2D eigenvalue weighted by Crippen LogP contribution is -2.41. The Bertz CT molecular complexity index is 759. The second kappa shape index (κ2) is 8.29. The van der Waals surface area contributed by atoms with E-state index >= 15 is 0 Å². The van der Waals surface area contributed by atoms with Crippen LogP contribution in [0.15, 0.2) is 59.6 Å². The van der Waals surface area contributed by atoms with Crippen LogP contribution < -0.4 is 15.8 Å². The molecule has 4 nitrogen and oxygen atoms in total. The molecule has 2 aromatic rings. The minimum Gasteiger partial charge on any atom is -0.493 e. The van der Waals surface area contributed by atoms with E-state index in [-0.39, 0.29) is 35.4 Å². The zero-order valence-electron chi connectivity index (χ0n) is 14.9. The zero-order chi connectivity index (χ0) is 17.1. The Balaban J connectivity index is 0.00000196. The summed E-state index contributed by atoms with van der Waals surface area (Å²) < 4.78 is 5.71. The molecule has 0 spiro atoms. The van der Waals surface area contributed by atoms with E-state index in [4.69, 9.17) is 15.5 Å². The summed E-state index contributed by atoms with van der Waals surface area (Å²) in [5.41, 5.74) is 8.94. The normalized spacial score (nSPS) is 20.8. The molecule has 5 heteroatoms. The Labute approximate surface area is 172 Å². The zero-order valence-corrected chi connectivity index (χ0v) is 17.2. The van der Waals surface area contributed by atoms with Gasteiger partial charge in [-0.25, -0.2) is 0 Å². The molecule has 0 radical (unpaired) electrons. The van der Waals surface area contributed by atoms with Crippen LogP contribution in [0, 0.1) is 0 Å². The van der Waals surface area contributed by atoms with Gasteiger partial charge in [-0.2, -0.15) is 0 Å². The van der Waals surface area contributed by atoms with E-state index in [9.17, 15) is 0 Å². The fourth-order valence-corrected chi connectivity index (χ4v) is 3.89. The van der Waals surface area contributed by atoms with E-state index in [0.29, 0.717) is 12.6 Å². The highest BCUT2D eigenvalue weighted by Gasteiger charge is 2.38. The molecule has 1 unspecified atom stereocenters. The Morgan fingerprint density at radius 1 is 1.12 bits per heavy atom. The van der Waals surface area contributed by atoms with E-state index in [0.717, 1.165) is 24.3 Å². The number of hydrogen-bond acceptors (Lipinski definition) is 2. The molecule has 2 aliphatic rings. The van der Waals surface area contributed by atoms with Crippen molar-refractivity contribution in [2.24, 2.45) is 10.7 Å². The highest BCUT2D eigenvalue weighted by molar-refractivity contribution is 14.0. The molecule has 0 bridgehead atoms. The summed E-state index contributed by atoms with van der Waals surface area (Å²) in [5, 5.41) is 3.40. The topological polar surface area (TPSA) is 59.6 Å². The van der Waals surface area contributed by atoms with Crippen molar-refractivity contribution in [3.63, 3.8) is 0 Å². The van der Waals surface area contributed by atoms with Crippen molar-refractivity contribution in [1.82, 2.24) is 5.32 Å². The number of guanidine groups is 1. The van der Waals surface area contributed by atoms with Crippen molar-refractivity contribution >= 4 is 29.9 Å². The van der Waals surface area contributed by atoms with Crippen LogP contribution in [-0.2, 0) is 5.41 Å². The number of benzene rings is 2. The average molecular weight is 463 g/mol. The number of nitrogens with two attached hydrogens (primary N) is 1. The van der Waals surface area contributed by atoms with Crippen molar-refractivity contribution in [3.8, 4) is 5.75 Å². The smallest absolute Gasteiger partial charge is 0.189 e. The molecule has 4 rings (SSSR count). The van der Waals surface area contributed by atoms with Gasteiger partial charge in [0, 0.05) is 17.4 Å². The van der Waals surface area contributed by atoms with Crippen molar-refractivity contribution < 1.29 is 4.74 Å². The number of rotatable bonds is 4. The fourth-order valence-electron chi connectivity index (χ4n) is 3.89. The van der Waals surface area contributed by atoms with Crippen LogP contribution in [0.25, 0.3) is 0 Å². The lowest BCUT2D eigenvalue weighted by molar-refractivity contribution is 0.252. The molecular formula is C21H26IN3O. The molecule has 0 amide bonds. The lowest BCUT2D eigenvalue weighted by Gasteiger charge is -2.41. The molecule has 1 heterocycles. The number of nitrogens with zero attached hydrogens (tertiary/aromatic N) is 1. The molecule has 0 aromatic heterocycles. The molecule has 0 saturated heterocycles. The van der Waals surface area contributed by atoms with Gasteiger partial charge in [-0.1, -0.05) is 55.0 Å². The molecule has 138 valence electrons. The van der Waals surface area contributed by atoms with Crippen LogP contribution in [0.3, 0.4) is 0 Å². The maximum Gasteiger partial charge on any atom is 0.189 e. The van der Waals surface area contributed by atoms with E-state index in [1.54, 1.807) is 0 Å². The van der Waals surface area contributed by atoms with Crippen LogP contribution >= 0.6 is 24.0 Å². The first-order valence-electron chi connectivity index (χ1n) is 9.11. The van der Waals surface area contributed by atoms with E-state index in [1.807, 2.05) is 18.2 Å². The van der Waals surface area contributed by atoms with E-state index in [2.05, 4.69) is 41.7 Å². The molecule has 1 aliphatic heterocycles. The summed E-state index contributed by atoms with van der Waals surface area (Å²) in [4.78, 5) is 4.70. The van der Waals surface area contributed by atoms with Crippen molar-refractivity contribution in [3.05, 3.63) is 65.7 Å². The lowest BCUT2D eigenvalue weighted by atomic mass is 9.64.